The van der Waals surface area contributed by atoms with Gasteiger partial charge in [0.2, 0.25) is 5.95 Å². The first-order valence-corrected chi connectivity index (χ1v) is 10.0. The maximum atomic E-state index is 12.8. The summed E-state index contributed by atoms with van der Waals surface area (Å²) in [4.78, 5) is 25.9. The molecule has 1 aromatic carbocycles. The molecule has 3 heterocycles. The molecule has 1 aliphatic heterocycles. The van der Waals surface area contributed by atoms with E-state index in [0.29, 0.717) is 23.3 Å². The van der Waals surface area contributed by atoms with Gasteiger partial charge in [-0.05, 0) is 42.7 Å². The van der Waals surface area contributed by atoms with Gasteiger partial charge in [0, 0.05) is 49.9 Å². The fraction of sp³-hybridized carbons (Fsp3) is 0.318. The lowest BCUT2D eigenvalue weighted by Gasteiger charge is -2.33. The molecule has 7 heteroatoms. The summed E-state index contributed by atoms with van der Waals surface area (Å²) in [5.74, 6) is 1.08. The molecular formula is C22H23ClN4O2. The van der Waals surface area contributed by atoms with Crippen molar-refractivity contribution in [2.45, 2.75) is 18.8 Å². The van der Waals surface area contributed by atoms with Gasteiger partial charge >= 0.3 is 0 Å². The van der Waals surface area contributed by atoms with Crippen LogP contribution in [0.2, 0.25) is 5.02 Å². The van der Waals surface area contributed by atoms with Crippen LogP contribution in [-0.2, 0) is 0 Å². The molecule has 150 valence electrons. The van der Waals surface area contributed by atoms with E-state index in [9.17, 15) is 4.79 Å². The van der Waals surface area contributed by atoms with Gasteiger partial charge in [-0.1, -0.05) is 23.7 Å². The van der Waals surface area contributed by atoms with Crippen molar-refractivity contribution in [2.24, 2.45) is 0 Å². The van der Waals surface area contributed by atoms with Gasteiger partial charge in [0.05, 0.1) is 12.0 Å². The number of carbonyl (C=O) groups is 1. The predicted octanol–water partition coefficient (Wildman–Crippen LogP) is 4.48. The van der Waals surface area contributed by atoms with Crippen molar-refractivity contribution in [3.63, 3.8) is 0 Å². The number of amides is 1. The summed E-state index contributed by atoms with van der Waals surface area (Å²) in [6.45, 7) is 1.32. The molecule has 0 spiro atoms. The summed E-state index contributed by atoms with van der Waals surface area (Å²) in [5.41, 5.74) is 2.96. The van der Waals surface area contributed by atoms with E-state index in [-0.39, 0.29) is 11.8 Å². The number of anilines is 1. The third-order valence-electron chi connectivity index (χ3n) is 5.19. The lowest BCUT2D eigenvalue weighted by Crippen LogP contribution is -2.39. The second-order valence-electron chi connectivity index (χ2n) is 7.44. The van der Waals surface area contributed by atoms with Crippen molar-refractivity contribution in [3.8, 4) is 11.1 Å². The normalized spacial score (nSPS) is 16.7. The number of likely N-dealkylation sites (tertiary alicyclic amines) is 1. The van der Waals surface area contributed by atoms with E-state index >= 15 is 0 Å². The number of carbonyl (C=O) groups excluding carboxylic acids is 1. The standard InChI is InChI=1S/C22H23ClN4O2/c1-26(2)22-24-13-18(15-7-9-17(23)10-8-15)20(25-22)16-5-3-11-27(14-16)21(28)19-6-4-12-29-19/h4,6-10,12-13,16H,3,5,11,14H2,1-2H3/t16-/m1/s1. The molecule has 6 nitrogen and oxygen atoms in total. The fourth-order valence-corrected chi connectivity index (χ4v) is 3.83. The van der Waals surface area contributed by atoms with Gasteiger partial charge in [-0.25, -0.2) is 9.97 Å². The number of benzene rings is 1. The van der Waals surface area contributed by atoms with Crippen LogP contribution in [0.4, 0.5) is 5.95 Å². The minimum Gasteiger partial charge on any atom is -0.459 e. The number of hydrogen-bond donors (Lipinski definition) is 0. The summed E-state index contributed by atoms with van der Waals surface area (Å²) in [7, 11) is 3.85. The quantitative estimate of drug-likeness (QED) is 0.634. The first kappa shape index (κ1) is 19.5. The van der Waals surface area contributed by atoms with Crippen molar-refractivity contribution < 1.29 is 9.21 Å². The summed E-state index contributed by atoms with van der Waals surface area (Å²) in [6, 6.07) is 11.1. The minimum atomic E-state index is -0.0744. The third kappa shape index (κ3) is 4.12. The Morgan fingerprint density at radius 1 is 1.24 bits per heavy atom. The van der Waals surface area contributed by atoms with Crippen molar-refractivity contribution in [1.82, 2.24) is 14.9 Å². The van der Waals surface area contributed by atoms with Gasteiger partial charge in [0.25, 0.3) is 5.91 Å². The van der Waals surface area contributed by atoms with Crippen molar-refractivity contribution in [2.75, 3.05) is 32.1 Å². The lowest BCUT2D eigenvalue weighted by atomic mass is 9.90. The predicted molar refractivity (Wildman–Crippen MR) is 113 cm³/mol. The SMILES string of the molecule is CN(C)c1ncc(-c2ccc(Cl)cc2)c([C@@H]2CCCN(C(=O)c3ccco3)C2)n1. The van der Waals surface area contributed by atoms with E-state index in [1.807, 2.05) is 54.4 Å². The molecule has 1 fully saturated rings. The highest BCUT2D eigenvalue weighted by Gasteiger charge is 2.29. The zero-order valence-electron chi connectivity index (χ0n) is 16.5. The molecule has 2 aromatic heterocycles. The third-order valence-corrected chi connectivity index (χ3v) is 5.44. The summed E-state index contributed by atoms with van der Waals surface area (Å²) in [5, 5.41) is 0.689. The van der Waals surface area contributed by atoms with Crippen molar-refractivity contribution in [1.29, 1.82) is 0 Å². The van der Waals surface area contributed by atoms with E-state index in [1.54, 1.807) is 12.1 Å². The molecule has 0 saturated carbocycles. The summed E-state index contributed by atoms with van der Waals surface area (Å²) < 4.78 is 5.31. The average Bonchev–Trinajstić information content (AvgIpc) is 3.28. The van der Waals surface area contributed by atoms with Crippen LogP contribution in [0.5, 0.6) is 0 Å². The maximum absolute atomic E-state index is 12.8. The molecule has 4 rings (SSSR count). The zero-order chi connectivity index (χ0) is 20.4. The van der Waals surface area contributed by atoms with Crippen LogP contribution >= 0.6 is 11.6 Å². The largest absolute Gasteiger partial charge is 0.459 e. The number of halogens is 1. The lowest BCUT2D eigenvalue weighted by molar-refractivity contribution is 0.0674. The Hall–Kier alpha value is -2.86. The van der Waals surface area contributed by atoms with E-state index in [4.69, 9.17) is 21.0 Å². The molecule has 0 radical (unpaired) electrons. The molecular weight excluding hydrogens is 388 g/mol. The van der Waals surface area contributed by atoms with Crippen LogP contribution in [0, 0.1) is 0 Å². The maximum Gasteiger partial charge on any atom is 0.289 e. The van der Waals surface area contributed by atoms with Gasteiger partial charge in [0.1, 0.15) is 0 Å². The number of rotatable bonds is 4. The molecule has 1 aliphatic rings. The molecule has 29 heavy (non-hydrogen) atoms. The highest BCUT2D eigenvalue weighted by molar-refractivity contribution is 6.30. The number of furan rings is 1. The van der Waals surface area contributed by atoms with E-state index in [2.05, 4.69) is 4.98 Å². The monoisotopic (exact) mass is 410 g/mol. The molecule has 0 aliphatic carbocycles. The molecule has 0 N–H and O–H groups in total. The van der Waals surface area contributed by atoms with Gasteiger partial charge < -0.3 is 14.2 Å². The van der Waals surface area contributed by atoms with Crippen LogP contribution in [0.1, 0.15) is 35.0 Å². The van der Waals surface area contributed by atoms with Crippen molar-refractivity contribution in [3.05, 3.63) is 65.3 Å². The highest BCUT2D eigenvalue weighted by Crippen LogP contribution is 2.34. The fourth-order valence-electron chi connectivity index (χ4n) is 3.70. The van der Waals surface area contributed by atoms with Gasteiger partial charge in [-0.3, -0.25) is 4.79 Å². The van der Waals surface area contributed by atoms with Gasteiger partial charge in [-0.2, -0.15) is 0 Å². The molecule has 1 atom stereocenters. The summed E-state index contributed by atoms with van der Waals surface area (Å²) in [6.07, 6.45) is 5.28. The van der Waals surface area contributed by atoms with E-state index in [0.717, 1.165) is 36.2 Å². The van der Waals surface area contributed by atoms with Crippen LogP contribution < -0.4 is 4.90 Å². The van der Waals surface area contributed by atoms with Crippen molar-refractivity contribution >= 4 is 23.5 Å². The molecule has 0 unspecified atom stereocenters. The summed E-state index contributed by atoms with van der Waals surface area (Å²) >= 11 is 6.07. The molecule has 0 bridgehead atoms. The molecule has 1 amide bonds. The first-order valence-electron chi connectivity index (χ1n) is 9.66. The Bertz CT molecular complexity index is 987. The topological polar surface area (TPSA) is 62.5 Å². The molecule has 1 saturated heterocycles. The number of aromatic nitrogens is 2. The molecule has 3 aromatic rings. The van der Waals surface area contributed by atoms with E-state index in [1.165, 1.54) is 6.26 Å². The van der Waals surface area contributed by atoms with Crippen LogP contribution in [0.25, 0.3) is 11.1 Å². The Kier molecular flexibility index (Phi) is 5.53. The number of nitrogens with zero attached hydrogens (tertiary/aromatic N) is 4. The Morgan fingerprint density at radius 2 is 2.03 bits per heavy atom. The van der Waals surface area contributed by atoms with Crippen LogP contribution in [0.3, 0.4) is 0 Å². The second-order valence-corrected chi connectivity index (χ2v) is 7.87. The van der Waals surface area contributed by atoms with Crippen LogP contribution in [-0.4, -0.2) is 48.0 Å². The van der Waals surface area contributed by atoms with Crippen LogP contribution in [0.15, 0.2) is 53.3 Å². The number of hydrogen-bond acceptors (Lipinski definition) is 5. The second kappa shape index (κ2) is 8.25. The smallest absolute Gasteiger partial charge is 0.289 e. The van der Waals surface area contributed by atoms with E-state index < -0.39 is 0 Å². The average molecular weight is 411 g/mol. The zero-order valence-corrected chi connectivity index (χ0v) is 17.3. The highest BCUT2D eigenvalue weighted by atomic mass is 35.5. The number of piperidine rings is 1. The first-order chi connectivity index (χ1) is 14.0. The Labute approximate surface area is 175 Å². The minimum absolute atomic E-state index is 0.0744. The Morgan fingerprint density at radius 3 is 2.72 bits per heavy atom. The Balaban J connectivity index is 1.69. The van der Waals surface area contributed by atoms with Gasteiger partial charge in [0.15, 0.2) is 5.76 Å². The van der Waals surface area contributed by atoms with Gasteiger partial charge in [-0.15, -0.1) is 0 Å².